The number of benzene rings is 2. The Morgan fingerprint density at radius 3 is 2.33 bits per heavy atom. The minimum absolute atomic E-state index is 0.0248. The fourth-order valence-corrected chi connectivity index (χ4v) is 1.96. The van der Waals surface area contributed by atoms with Crippen LogP contribution in [0.25, 0.3) is 0 Å². The van der Waals surface area contributed by atoms with Crippen LogP contribution in [0, 0.1) is 0 Å². The second kappa shape index (κ2) is 5.74. The lowest BCUT2D eigenvalue weighted by Gasteiger charge is -2.19. The Labute approximate surface area is 129 Å². The van der Waals surface area contributed by atoms with Crippen LogP contribution >= 0.6 is 11.6 Å². The fraction of sp³-hybridized carbons (Fsp3) is 0.250. The van der Waals surface area contributed by atoms with Crippen LogP contribution in [0.3, 0.4) is 0 Å². The van der Waals surface area contributed by atoms with Gasteiger partial charge in [-0.05, 0) is 29.2 Å². The van der Waals surface area contributed by atoms with Crippen LogP contribution in [-0.4, -0.2) is 5.11 Å². The van der Waals surface area contributed by atoms with Crippen molar-refractivity contribution in [2.45, 2.75) is 26.2 Å². The molecule has 0 fully saturated rings. The lowest BCUT2D eigenvalue weighted by molar-refractivity contribution is 0.396. The smallest absolute Gasteiger partial charge is 0.155 e. The van der Waals surface area contributed by atoms with Gasteiger partial charge in [0, 0.05) is 6.07 Å². The zero-order chi connectivity index (χ0) is 15.6. The largest absolute Gasteiger partial charge is 0.506 e. The van der Waals surface area contributed by atoms with Gasteiger partial charge in [0.1, 0.15) is 11.4 Å². The fourth-order valence-electron chi connectivity index (χ4n) is 1.80. The molecule has 0 aliphatic carbocycles. The Bertz CT molecular complexity index is 634. The van der Waals surface area contributed by atoms with Gasteiger partial charge in [-0.3, -0.25) is 0 Å². The van der Waals surface area contributed by atoms with E-state index in [4.69, 9.17) is 22.2 Å². The highest BCUT2D eigenvalue weighted by atomic mass is 35.5. The van der Waals surface area contributed by atoms with E-state index in [0.29, 0.717) is 22.1 Å². The molecule has 21 heavy (non-hydrogen) atoms. The normalized spacial score (nSPS) is 11.2. The molecule has 4 nitrogen and oxygen atoms in total. The van der Waals surface area contributed by atoms with Crippen molar-refractivity contribution >= 4 is 23.0 Å². The molecule has 0 amide bonds. The number of hydrogen-bond acceptors (Lipinski definition) is 4. The van der Waals surface area contributed by atoms with Crippen molar-refractivity contribution in [3.05, 3.63) is 47.0 Å². The summed E-state index contributed by atoms with van der Waals surface area (Å²) in [6.45, 7) is 6.45. The van der Waals surface area contributed by atoms with Crippen molar-refractivity contribution in [3.8, 4) is 11.5 Å². The summed E-state index contributed by atoms with van der Waals surface area (Å²) in [5.74, 6) is 0.610. The van der Waals surface area contributed by atoms with Crippen LogP contribution in [0.4, 0.5) is 11.4 Å². The van der Waals surface area contributed by atoms with Crippen LogP contribution in [0.2, 0.25) is 5.02 Å². The maximum Gasteiger partial charge on any atom is 0.155 e. The summed E-state index contributed by atoms with van der Waals surface area (Å²) < 4.78 is 0. The third-order valence-electron chi connectivity index (χ3n) is 3.11. The quantitative estimate of drug-likeness (QED) is 0.448. The number of phenolic OH excluding ortho intramolecular Hbond substituents is 1. The van der Waals surface area contributed by atoms with E-state index in [0.717, 1.165) is 0 Å². The van der Waals surface area contributed by atoms with Gasteiger partial charge in [-0.1, -0.05) is 44.5 Å². The van der Waals surface area contributed by atoms with E-state index in [1.54, 1.807) is 0 Å². The first-order valence-corrected chi connectivity index (χ1v) is 6.96. The van der Waals surface area contributed by atoms with Crippen LogP contribution < -0.4 is 16.1 Å². The molecule has 0 aliphatic heterocycles. The topological polar surface area (TPSA) is 67.5 Å². The van der Waals surface area contributed by atoms with E-state index < -0.39 is 0 Å². The van der Waals surface area contributed by atoms with Crippen molar-refractivity contribution < 1.29 is 9.94 Å². The Morgan fingerprint density at radius 1 is 1.14 bits per heavy atom. The molecule has 2 aromatic rings. The molecule has 4 N–H and O–H groups in total. The third-order valence-corrected chi connectivity index (χ3v) is 3.44. The molecular weight excluding hydrogens is 288 g/mol. The van der Waals surface area contributed by atoms with Crippen molar-refractivity contribution in [1.29, 1.82) is 0 Å². The van der Waals surface area contributed by atoms with Gasteiger partial charge in [0.05, 0.1) is 10.7 Å². The lowest BCUT2D eigenvalue weighted by atomic mass is 9.87. The zero-order valence-electron chi connectivity index (χ0n) is 12.3. The minimum atomic E-state index is -0.0248. The molecule has 2 aromatic carbocycles. The number of anilines is 2. The van der Waals surface area contributed by atoms with Crippen molar-refractivity contribution in [1.82, 2.24) is 0 Å². The van der Waals surface area contributed by atoms with Crippen LogP contribution in [-0.2, 0) is 5.41 Å². The first-order valence-electron chi connectivity index (χ1n) is 6.59. The summed E-state index contributed by atoms with van der Waals surface area (Å²) in [5.41, 5.74) is 10.2. The number of halogens is 1. The van der Waals surface area contributed by atoms with Crippen molar-refractivity contribution in [2.24, 2.45) is 0 Å². The molecule has 0 aliphatic rings. The van der Waals surface area contributed by atoms with Gasteiger partial charge < -0.3 is 15.7 Å². The molecule has 0 spiro atoms. The summed E-state index contributed by atoms with van der Waals surface area (Å²) in [4.78, 5) is 5.43. The Kier molecular flexibility index (Phi) is 4.19. The molecular formula is C16H19ClN2O2. The second-order valence-electron chi connectivity index (χ2n) is 5.87. The van der Waals surface area contributed by atoms with Gasteiger partial charge in [-0.15, -0.1) is 0 Å². The molecule has 2 rings (SSSR count). The van der Waals surface area contributed by atoms with Crippen LogP contribution in [0.5, 0.6) is 11.5 Å². The van der Waals surface area contributed by atoms with Gasteiger partial charge in [-0.2, -0.15) is 0 Å². The molecule has 0 radical (unpaired) electrons. The Morgan fingerprint density at radius 2 is 1.76 bits per heavy atom. The molecule has 0 heterocycles. The second-order valence-corrected chi connectivity index (χ2v) is 6.28. The number of phenols is 1. The number of nitrogens with one attached hydrogen (secondary N) is 1. The van der Waals surface area contributed by atoms with E-state index in [-0.39, 0.29) is 11.2 Å². The lowest BCUT2D eigenvalue weighted by Crippen LogP contribution is -2.11. The highest BCUT2D eigenvalue weighted by Gasteiger charge is 2.13. The Balaban J connectivity index is 2.08. The highest BCUT2D eigenvalue weighted by Crippen LogP contribution is 2.32. The minimum Gasteiger partial charge on any atom is -0.506 e. The predicted molar refractivity (Wildman–Crippen MR) is 86.9 cm³/mol. The standard InChI is InChI=1S/C16H19ClN2O2/c1-16(2,3)10-4-6-11(7-5-10)21-19-14-8-12(17)13(18)9-15(14)20/h4-9,19-20H,18H2,1-3H3. The van der Waals surface area contributed by atoms with Gasteiger partial charge in [0.25, 0.3) is 0 Å². The van der Waals surface area contributed by atoms with Crippen LogP contribution in [0.1, 0.15) is 26.3 Å². The summed E-state index contributed by atoms with van der Waals surface area (Å²) in [5, 5.41) is 10.1. The van der Waals surface area contributed by atoms with E-state index in [9.17, 15) is 5.11 Å². The zero-order valence-corrected chi connectivity index (χ0v) is 13.0. The van der Waals surface area contributed by atoms with Crippen molar-refractivity contribution in [3.63, 3.8) is 0 Å². The first-order chi connectivity index (χ1) is 9.77. The number of nitrogen functional groups attached to an aromatic ring is 1. The highest BCUT2D eigenvalue weighted by molar-refractivity contribution is 6.33. The molecule has 0 unspecified atom stereocenters. The number of rotatable bonds is 3. The van der Waals surface area contributed by atoms with Gasteiger partial charge in [0.15, 0.2) is 5.75 Å². The molecule has 5 heteroatoms. The summed E-state index contributed by atoms with van der Waals surface area (Å²) in [6.07, 6.45) is 0. The Hall–Kier alpha value is -2.07. The van der Waals surface area contributed by atoms with Gasteiger partial charge in [-0.25, -0.2) is 5.48 Å². The number of nitrogens with two attached hydrogens (primary N) is 1. The van der Waals surface area contributed by atoms with E-state index in [1.165, 1.54) is 17.7 Å². The maximum absolute atomic E-state index is 9.76. The summed E-state index contributed by atoms with van der Waals surface area (Å²) in [7, 11) is 0. The van der Waals surface area contributed by atoms with Gasteiger partial charge >= 0.3 is 0 Å². The average molecular weight is 307 g/mol. The molecule has 0 saturated carbocycles. The van der Waals surface area contributed by atoms with E-state index in [1.807, 2.05) is 24.3 Å². The van der Waals surface area contributed by atoms with E-state index in [2.05, 4.69) is 26.3 Å². The average Bonchev–Trinajstić information content (AvgIpc) is 2.41. The predicted octanol–water partition coefficient (Wildman–Crippen LogP) is 4.33. The first kappa shape index (κ1) is 15.3. The number of hydrogen-bond donors (Lipinski definition) is 3. The molecule has 112 valence electrons. The monoisotopic (exact) mass is 306 g/mol. The number of aromatic hydroxyl groups is 1. The molecule has 0 aromatic heterocycles. The molecule has 0 bridgehead atoms. The molecule has 0 saturated heterocycles. The van der Waals surface area contributed by atoms with E-state index >= 15 is 0 Å². The third kappa shape index (κ3) is 3.73. The molecule has 0 atom stereocenters. The summed E-state index contributed by atoms with van der Waals surface area (Å²) >= 11 is 5.91. The van der Waals surface area contributed by atoms with Gasteiger partial charge in [0.2, 0.25) is 0 Å². The van der Waals surface area contributed by atoms with Crippen molar-refractivity contribution in [2.75, 3.05) is 11.2 Å². The summed E-state index contributed by atoms with van der Waals surface area (Å²) in [6, 6.07) is 10.6. The van der Waals surface area contributed by atoms with Crippen LogP contribution in [0.15, 0.2) is 36.4 Å². The maximum atomic E-state index is 9.76. The SMILES string of the molecule is CC(C)(C)c1ccc(ONc2cc(Cl)c(N)cc2O)cc1.